The molecule has 0 aliphatic carbocycles. The van der Waals surface area contributed by atoms with E-state index in [0.717, 1.165) is 0 Å². The van der Waals surface area contributed by atoms with E-state index in [-0.39, 0.29) is 38.2 Å². The molecular weight excluding hydrogens is 508 g/mol. The average molecular weight is 547 g/mol. The topological polar surface area (TPSA) is 249 Å². The normalized spacial score (nSPS) is 16.9. The van der Waals surface area contributed by atoms with Gasteiger partial charge in [0.25, 0.3) is 0 Å². The minimum absolute atomic E-state index is 0.0463. The molecule has 1 heterocycles. The summed E-state index contributed by atoms with van der Waals surface area (Å²) in [5.74, 6) is -3.69. The monoisotopic (exact) mass is 546 g/mol. The van der Waals surface area contributed by atoms with Crippen molar-refractivity contribution >= 4 is 35.6 Å². The Kier molecular flexibility index (Phi) is 12.1. The maximum atomic E-state index is 13.2. The van der Waals surface area contributed by atoms with Crippen LogP contribution in [0, 0.1) is 0 Å². The van der Waals surface area contributed by atoms with E-state index in [1.165, 1.54) is 4.90 Å². The van der Waals surface area contributed by atoms with Gasteiger partial charge in [-0.15, -0.1) is 0 Å². The van der Waals surface area contributed by atoms with Crippen LogP contribution >= 0.6 is 0 Å². The summed E-state index contributed by atoms with van der Waals surface area (Å²) in [7, 11) is 0. The lowest BCUT2D eigenvalue weighted by Crippen LogP contribution is -2.56. The van der Waals surface area contributed by atoms with Crippen LogP contribution in [-0.4, -0.2) is 82.8 Å². The standard InChI is InChI=1S/C25H38N8O6/c26-16(10-11-20(27)34)23(37)33-13-5-9-19(33)22(36)31-17(8-4-12-30-25(28)29)21(35)32-18(24(38)39)14-15-6-2-1-3-7-15/h1-3,6-7,16-19H,4-5,8-14,26H2,(H2,27,34)(H,31,36)(H,32,35)(H,38,39)(H4,28,29,30). The number of amides is 4. The number of carboxylic acid groups (broad SMARTS) is 1. The van der Waals surface area contributed by atoms with Crippen LogP contribution in [0.1, 0.15) is 44.1 Å². The quantitative estimate of drug-likeness (QED) is 0.0723. The smallest absolute Gasteiger partial charge is 0.326 e. The van der Waals surface area contributed by atoms with E-state index in [4.69, 9.17) is 22.9 Å². The lowest BCUT2D eigenvalue weighted by molar-refractivity contribution is -0.143. The molecule has 0 radical (unpaired) electrons. The summed E-state index contributed by atoms with van der Waals surface area (Å²) < 4.78 is 0. The van der Waals surface area contributed by atoms with E-state index in [1.807, 2.05) is 0 Å². The maximum absolute atomic E-state index is 13.2. The van der Waals surface area contributed by atoms with Crippen molar-refractivity contribution in [2.24, 2.45) is 27.9 Å². The summed E-state index contributed by atoms with van der Waals surface area (Å²) in [5, 5.41) is 14.9. The SMILES string of the molecule is NC(=O)CCC(N)C(=O)N1CCCC1C(=O)NC(CCCN=C(N)N)C(=O)NC(Cc1ccccc1)C(=O)O. The first-order valence-electron chi connectivity index (χ1n) is 12.8. The number of nitrogens with zero attached hydrogens (tertiary/aromatic N) is 2. The van der Waals surface area contributed by atoms with E-state index >= 15 is 0 Å². The highest BCUT2D eigenvalue weighted by molar-refractivity contribution is 5.94. The van der Waals surface area contributed by atoms with Crippen LogP contribution in [-0.2, 0) is 30.4 Å². The van der Waals surface area contributed by atoms with Gasteiger partial charge in [-0.05, 0) is 37.7 Å². The third kappa shape index (κ3) is 10.2. The summed E-state index contributed by atoms with van der Waals surface area (Å²) >= 11 is 0. The second kappa shape index (κ2) is 15.3. The van der Waals surface area contributed by atoms with Crippen molar-refractivity contribution in [3.05, 3.63) is 35.9 Å². The highest BCUT2D eigenvalue weighted by Gasteiger charge is 2.38. The third-order valence-corrected chi connectivity index (χ3v) is 6.33. The van der Waals surface area contributed by atoms with Crippen LogP contribution in [0.2, 0.25) is 0 Å². The fourth-order valence-electron chi connectivity index (χ4n) is 4.30. The average Bonchev–Trinajstić information content (AvgIpc) is 3.38. The molecule has 4 amide bonds. The van der Waals surface area contributed by atoms with E-state index in [9.17, 15) is 29.1 Å². The number of nitrogens with two attached hydrogens (primary N) is 4. The largest absolute Gasteiger partial charge is 0.480 e. The van der Waals surface area contributed by atoms with Crippen molar-refractivity contribution in [2.45, 2.75) is 69.1 Å². The van der Waals surface area contributed by atoms with Crippen LogP contribution in [0.25, 0.3) is 0 Å². The van der Waals surface area contributed by atoms with E-state index in [0.29, 0.717) is 31.4 Å². The number of benzene rings is 1. The number of aliphatic carboxylic acids is 1. The van der Waals surface area contributed by atoms with Crippen molar-refractivity contribution < 1.29 is 29.1 Å². The zero-order valence-corrected chi connectivity index (χ0v) is 21.8. The number of hydrogen-bond acceptors (Lipinski definition) is 7. The van der Waals surface area contributed by atoms with Crippen molar-refractivity contribution in [1.82, 2.24) is 15.5 Å². The van der Waals surface area contributed by atoms with Gasteiger partial charge in [-0.3, -0.25) is 24.2 Å². The second-order valence-corrected chi connectivity index (χ2v) is 9.40. The Hall–Kier alpha value is -4.20. The highest BCUT2D eigenvalue weighted by atomic mass is 16.4. The number of carboxylic acids is 1. The zero-order chi connectivity index (χ0) is 28.9. The Labute approximate surface area is 226 Å². The van der Waals surface area contributed by atoms with Crippen LogP contribution in [0.4, 0.5) is 0 Å². The predicted octanol–water partition coefficient (Wildman–Crippen LogP) is -2.08. The van der Waals surface area contributed by atoms with Gasteiger partial charge in [-0.25, -0.2) is 4.79 Å². The first-order valence-corrected chi connectivity index (χ1v) is 12.8. The molecule has 1 aromatic rings. The van der Waals surface area contributed by atoms with Gasteiger partial charge in [0.2, 0.25) is 23.6 Å². The molecule has 0 saturated carbocycles. The Morgan fingerprint density at radius 3 is 2.33 bits per heavy atom. The first kappa shape index (κ1) is 31.0. The number of rotatable bonds is 15. The van der Waals surface area contributed by atoms with Crippen LogP contribution in [0.5, 0.6) is 0 Å². The molecule has 11 N–H and O–H groups in total. The number of nitrogens with one attached hydrogen (secondary N) is 2. The first-order chi connectivity index (χ1) is 18.5. The van der Waals surface area contributed by atoms with Gasteiger partial charge in [0.05, 0.1) is 6.04 Å². The van der Waals surface area contributed by atoms with Crippen molar-refractivity contribution in [3.8, 4) is 0 Å². The lowest BCUT2D eigenvalue weighted by atomic mass is 10.0. The number of primary amides is 1. The second-order valence-electron chi connectivity index (χ2n) is 9.40. The Bertz CT molecular complexity index is 1050. The van der Waals surface area contributed by atoms with Gasteiger partial charge < -0.3 is 43.6 Å². The highest BCUT2D eigenvalue weighted by Crippen LogP contribution is 2.20. The molecule has 1 aliphatic heterocycles. The van der Waals surface area contributed by atoms with Gasteiger partial charge in [0, 0.05) is 25.9 Å². The molecule has 214 valence electrons. The molecule has 1 fully saturated rings. The summed E-state index contributed by atoms with van der Waals surface area (Å²) in [4.78, 5) is 67.4. The molecule has 0 spiro atoms. The molecule has 1 aromatic carbocycles. The van der Waals surface area contributed by atoms with Crippen molar-refractivity contribution in [2.75, 3.05) is 13.1 Å². The molecule has 39 heavy (non-hydrogen) atoms. The van der Waals surface area contributed by atoms with Crippen LogP contribution in [0.15, 0.2) is 35.3 Å². The predicted molar refractivity (Wildman–Crippen MR) is 143 cm³/mol. The number of aliphatic imine (C=N–C) groups is 1. The van der Waals surface area contributed by atoms with E-state index < -0.39 is 53.8 Å². The molecule has 4 atom stereocenters. The molecular formula is C25H38N8O6. The third-order valence-electron chi connectivity index (χ3n) is 6.33. The summed E-state index contributed by atoms with van der Waals surface area (Å²) in [6.45, 7) is 0.484. The molecule has 2 rings (SSSR count). The van der Waals surface area contributed by atoms with Crippen LogP contribution < -0.4 is 33.6 Å². The van der Waals surface area contributed by atoms with Gasteiger partial charge in [0.1, 0.15) is 18.1 Å². The van der Waals surface area contributed by atoms with Gasteiger partial charge in [-0.1, -0.05) is 30.3 Å². The number of carbonyl (C=O) groups is 5. The lowest BCUT2D eigenvalue weighted by Gasteiger charge is -2.28. The van der Waals surface area contributed by atoms with Gasteiger partial charge in [0.15, 0.2) is 5.96 Å². The van der Waals surface area contributed by atoms with Crippen LogP contribution in [0.3, 0.4) is 0 Å². The van der Waals surface area contributed by atoms with Gasteiger partial charge in [-0.2, -0.15) is 0 Å². The van der Waals surface area contributed by atoms with E-state index in [2.05, 4.69) is 15.6 Å². The number of hydrogen-bond donors (Lipinski definition) is 7. The summed E-state index contributed by atoms with van der Waals surface area (Å²) in [6.07, 6.45) is 1.36. The molecule has 1 aliphatic rings. The Morgan fingerprint density at radius 2 is 1.72 bits per heavy atom. The minimum atomic E-state index is -1.23. The molecule has 0 bridgehead atoms. The van der Waals surface area contributed by atoms with Crippen molar-refractivity contribution in [3.63, 3.8) is 0 Å². The summed E-state index contributed by atoms with van der Waals surface area (Å²) in [6, 6.07) is 4.60. The Balaban J connectivity index is 2.13. The van der Waals surface area contributed by atoms with E-state index in [1.54, 1.807) is 30.3 Å². The minimum Gasteiger partial charge on any atom is -0.480 e. The van der Waals surface area contributed by atoms with Gasteiger partial charge >= 0.3 is 5.97 Å². The summed E-state index contributed by atoms with van der Waals surface area (Å²) in [5.41, 5.74) is 22.5. The fourth-order valence-corrected chi connectivity index (χ4v) is 4.30. The number of carbonyl (C=O) groups excluding carboxylic acids is 4. The Morgan fingerprint density at radius 1 is 1.03 bits per heavy atom. The molecule has 0 aromatic heterocycles. The molecule has 1 saturated heterocycles. The molecule has 4 unspecified atom stereocenters. The fraction of sp³-hybridized carbons (Fsp3) is 0.520. The number of guanidine groups is 1. The van der Waals surface area contributed by atoms with Crippen molar-refractivity contribution in [1.29, 1.82) is 0 Å². The molecule has 14 nitrogen and oxygen atoms in total. The zero-order valence-electron chi connectivity index (χ0n) is 21.8. The maximum Gasteiger partial charge on any atom is 0.326 e. The molecule has 14 heteroatoms. The number of likely N-dealkylation sites (tertiary alicyclic amines) is 1.